The van der Waals surface area contributed by atoms with Gasteiger partial charge >= 0.3 is 5.97 Å². The van der Waals surface area contributed by atoms with Crippen molar-refractivity contribution in [2.45, 2.75) is 17.9 Å². The molecule has 1 aromatic rings. The second kappa shape index (κ2) is 4.26. The van der Waals surface area contributed by atoms with E-state index < -0.39 is 22.0 Å². The normalized spacial score (nSPS) is 14.0. The number of likely N-dealkylation sites (N-methyl/N-ethyl adjacent to an activating group) is 1. The molecule has 1 N–H and O–H groups in total. The lowest BCUT2D eigenvalue weighted by atomic mass is 10.4. The third-order valence-corrected chi connectivity index (χ3v) is 4.30. The first-order chi connectivity index (χ1) is 7.26. The summed E-state index contributed by atoms with van der Waals surface area (Å²) >= 11 is 0. The molecule has 0 aliphatic rings. The first-order valence-electron chi connectivity index (χ1n) is 4.59. The molecule has 0 radical (unpaired) electrons. The third kappa shape index (κ3) is 2.25. The fraction of sp³-hybridized carbons (Fsp3) is 0.444. The third-order valence-electron chi connectivity index (χ3n) is 2.38. The van der Waals surface area contributed by atoms with Gasteiger partial charge in [0.05, 0.1) is 4.90 Å². The highest BCUT2D eigenvalue weighted by Crippen LogP contribution is 2.16. The van der Waals surface area contributed by atoms with E-state index in [-0.39, 0.29) is 4.90 Å². The summed E-state index contributed by atoms with van der Waals surface area (Å²) in [5.41, 5.74) is 0. The van der Waals surface area contributed by atoms with Crippen molar-refractivity contribution in [3.05, 3.63) is 18.5 Å². The Bertz CT molecular complexity index is 491. The van der Waals surface area contributed by atoms with Crippen LogP contribution in [0.4, 0.5) is 0 Å². The molecular formula is C9H14N2O4S. The van der Waals surface area contributed by atoms with Crippen molar-refractivity contribution < 1.29 is 18.3 Å². The summed E-state index contributed by atoms with van der Waals surface area (Å²) in [5.74, 6) is -1.18. The smallest absolute Gasteiger partial charge is 0.321 e. The zero-order valence-corrected chi connectivity index (χ0v) is 10.1. The maximum atomic E-state index is 11.9. The van der Waals surface area contributed by atoms with E-state index >= 15 is 0 Å². The number of aliphatic carboxylic acids is 1. The van der Waals surface area contributed by atoms with Gasteiger partial charge in [-0.15, -0.1) is 0 Å². The lowest BCUT2D eigenvalue weighted by Gasteiger charge is -2.20. The monoisotopic (exact) mass is 246 g/mol. The molecule has 1 rings (SSSR count). The minimum Gasteiger partial charge on any atom is -0.480 e. The Labute approximate surface area is 94.2 Å². The van der Waals surface area contributed by atoms with Crippen LogP contribution >= 0.6 is 0 Å². The molecule has 0 fully saturated rings. The Kier molecular flexibility index (Phi) is 3.39. The Morgan fingerprint density at radius 2 is 2.12 bits per heavy atom. The summed E-state index contributed by atoms with van der Waals surface area (Å²) < 4.78 is 26.3. The zero-order chi connectivity index (χ0) is 12.5. The molecule has 0 amide bonds. The van der Waals surface area contributed by atoms with E-state index in [2.05, 4.69) is 0 Å². The molecule has 0 aromatic carbocycles. The molecule has 1 aromatic heterocycles. The SMILES string of the molecule is CC(C(=O)O)N(C)S(=O)(=O)c1ccn(C)c1. The van der Waals surface area contributed by atoms with Gasteiger partial charge in [0, 0.05) is 26.5 Å². The van der Waals surface area contributed by atoms with Crippen LogP contribution in [0.1, 0.15) is 6.92 Å². The summed E-state index contributed by atoms with van der Waals surface area (Å²) in [6, 6.07) is 0.339. The topological polar surface area (TPSA) is 79.6 Å². The minimum absolute atomic E-state index is 0.0885. The average Bonchev–Trinajstić information content (AvgIpc) is 2.62. The van der Waals surface area contributed by atoms with E-state index in [1.807, 2.05) is 0 Å². The van der Waals surface area contributed by atoms with Gasteiger partial charge in [-0.2, -0.15) is 4.31 Å². The standard InChI is InChI=1S/C9H14N2O4S/c1-7(9(12)13)11(3)16(14,15)8-4-5-10(2)6-8/h4-7H,1-3H3,(H,12,13). The van der Waals surface area contributed by atoms with Gasteiger partial charge in [0.2, 0.25) is 10.0 Å². The van der Waals surface area contributed by atoms with Crippen molar-refractivity contribution in [1.29, 1.82) is 0 Å². The first kappa shape index (κ1) is 12.7. The molecule has 0 saturated heterocycles. The van der Waals surface area contributed by atoms with E-state index in [4.69, 9.17) is 5.11 Å². The molecule has 16 heavy (non-hydrogen) atoms. The molecule has 0 spiro atoms. The number of carboxylic acids is 1. The van der Waals surface area contributed by atoms with Crippen LogP contribution in [0.2, 0.25) is 0 Å². The Morgan fingerprint density at radius 1 is 1.56 bits per heavy atom. The Morgan fingerprint density at radius 3 is 2.50 bits per heavy atom. The highest BCUT2D eigenvalue weighted by Gasteiger charge is 2.29. The predicted octanol–water partition coefficient (Wildman–Crippen LogP) is 0.119. The lowest BCUT2D eigenvalue weighted by molar-refractivity contribution is -0.140. The first-order valence-corrected chi connectivity index (χ1v) is 6.03. The fourth-order valence-electron chi connectivity index (χ4n) is 1.16. The van der Waals surface area contributed by atoms with E-state index in [1.165, 1.54) is 26.2 Å². The van der Waals surface area contributed by atoms with Crippen LogP contribution in [0.15, 0.2) is 23.4 Å². The number of hydrogen-bond donors (Lipinski definition) is 1. The maximum Gasteiger partial charge on any atom is 0.321 e. The summed E-state index contributed by atoms with van der Waals surface area (Å²) in [6.07, 6.45) is 3.02. The number of carbonyl (C=O) groups is 1. The van der Waals surface area contributed by atoms with Crippen molar-refractivity contribution >= 4 is 16.0 Å². The molecule has 1 unspecified atom stereocenters. The van der Waals surface area contributed by atoms with Crippen molar-refractivity contribution in [3.63, 3.8) is 0 Å². The minimum atomic E-state index is -3.73. The number of sulfonamides is 1. The van der Waals surface area contributed by atoms with Crippen molar-refractivity contribution in [2.75, 3.05) is 7.05 Å². The van der Waals surface area contributed by atoms with Gasteiger partial charge < -0.3 is 9.67 Å². The number of carboxylic acid groups (broad SMARTS) is 1. The fourth-order valence-corrected chi connectivity index (χ4v) is 2.53. The molecule has 1 heterocycles. The van der Waals surface area contributed by atoms with Gasteiger partial charge in [0.15, 0.2) is 0 Å². The molecule has 7 heteroatoms. The second-order valence-electron chi connectivity index (χ2n) is 3.55. The number of aryl methyl sites for hydroxylation is 1. The number of aromatic nitrogens is 1. The highest BCUT2D eigenvalue weighted by atomic mass is 32.2. The largest absolute Gasteiger partial charge is 0.480 e. The summed E-state index contributed by atoms with van der Waals surface area (Å²) in [6.45, 7) is 1.32. The Balaban J connectivity index is 3.08. The van der Waals surface area contributed by atoms with Crippen LogP contribution in [0, 0.1) is 0 Å². The van der Waals surface area contributed by atoms with Crippen LogP contribution in [0.25, 0.3) is 0 Å². The molecular weight excluding hydrogens is 232 g/mol. The van der Waals surface area contributed by atoms with Gasteiger partial charge in [0.25, 0.3) is 0 Å². The van der Waals surface area contributed by atoms with E-state index in [1.54, 1.807) is 17.8 Å². The quantitative estimate of drug-likeness (QED) is 0.818. The van der Waals surface area contributed by atoms with E-state index in [0.717, 1.165) is 4.31 Å². The number of hydrogen-bond acceptors (Lipinski definition) is 3. The summed E-state index contributed by atoms with van der Waals surface area (Å²) in [5, 5.41) is 8.76. The molecule has 0 bridgehead atoms. The van der Waals surface area contributed by atoms with Gasteiger partial charge in [-0.25, -0.2) is 8.42 Å². The van der Waals surface area contributed by atoms with Crippen molar-refractivity contribution in [2.24, 2.45) is 7.05 Å². The lowest BCUT2D eigenvalue weighted by Crippen LogP contribution is -2.40. The van der Waals surface area contributed by atoms with Gasteiger partial charge in [0.1, 0.15) is 6.04 Å². The van der Waals surface area contributed by atoms with Gasteiger partial charge in [-0.1, -0.05) is 0 Å². The highest BCUT2D eigenvalue weighted by molar-refractivity contribution is 7.89. The van der Waals surface area contributed by atoms with Crippen LogP contribution in [0.3, 0.4) is 0 Å². The van der Waals surface area contributed by atoms with Crippen molar-refractivity contribution in [1.82, 2.24) is 8.87 Å². The maximum absolute atomic E-state index is 11.9. The van der Waals surface area contributed by atoms with Gasteiger partial charge in [-0.05, 0) is 13.0 Å². The molecule has 90 valence electrons. The van der Waals surface area contributed by atoms with E-state index in [9.17, 15) is 13.2 Å². The van der Waals surface area contributed by atoms with Crippen LogP contribution in [0.5, 0.6) is 0 Å². The zero-order valence-electron chi connectivity index (χ0n) is 9.28. The van der Waals surface area contributed by atoms with Crippen LogP contribution in [-0.4, -0.2) is 41.5 Å². The second-order valence-corrected chi connectivity index (χ2v) is 5.55. The molecule has 0 aliphatic heterocycles. The van der Waals surface area contributed by atoms with Gasteiger partial charge in [-0.3, -0.25) is 4.79 Å². The summed E-state index contributed by atoms with van der Waals surface area (Å²) in [4.78, 5) is 10.8. The molecule has 0 aliphatic carbocycles. The number of rotatable bonds is 4. The predicted molar refractivity (Wildman–Crippen MR) is 57.5 cm³/mol. The average molecular weight is 246 g/mol. The molecule has 1 atom stereocenters. The van der Waals surface area contributed by atoms with Crippen molar-refractivity contribution in [3.8, 4) is 0 Å². The summed E-state index contributed by atoms with van der Waals surface area (Å²) in [7, 11) is -0.786. The van der Waals surface area contributed by atoms with Crippen LogP contribution in [-0.2, 0) is 21.9 Å². The van der Waals surface area contributed by atoms with E-state index in [0.29, 0.717) is 0 Å². The molecule has 0 saturated carbocycles. The molecule has 6 nitrogen and oxygen atoms in total. The number of nitrogens with zero attached hydrogens (tertiary/aromatic N) is 2. The van der Waals surface area contributed by atoms with Crippen LogP contribution < -0.4 is 0 Å². The Hall–Kier alpha value is -1.34.